The number of carbonyl (C=O) groups is 3. The molecular weight excluding hydrogens is 200 g/mol. The predicted octanol–water partition coefficient (Wildman–Crippen LogP) is 1.10. The Hall–Kier alpha value is -1.39. The van der Waals surface area contributed by atoms with Gasteiger partial charge in [-0.2, -0.15) is 0 Å². The van der Waals surface area contributed by atoms with Crippen molar-refractivity contribution in [2.24, 2.45) is 0 Å². The van der Waals surface area contributed by atoms with E-state index in [0.29, 0.717) is 13.0 Å². The molecule has 0 fully saturated rings. The molecule has 0 atom stereocenters. The first-order valence-corrected chi connectivity index (χ1v) is 4.69. The molecule has 0 amide bonds. The van der Waals surface area contributed by atoms with Crippen LogP contribution in [0, 0.1) is 0 Å². The summed E-state index contributed by atoms with van der Waals surface area (Å²) in [7, 11) is 1.38. The fourth-order valence-electron chi connectivity index (χ4n) is 0.560. The third-order valence-electron chi connectivity index (χ3n) is 1.21. The van der Waals surface area contributed by atoms with Gasteiger partial charge in [-0.15, -0.1) is 0 Å². The Morgan fingerprint density at radius 1 is 1.07 bits per heavy atom. The molecule has 0 spiro atoms. The van der Waals surface area contributed by atoms with Gasteiger partial charge in [0.1, 0.15) is 12.2 Å². The molecule has 5 heteroatoms. The zero-order valence-corrected chi connectivity index (χ0v) is 9.66. The van der Waals surface area contributed by atoms with E-state index < -0.39 is 5.97 Å². The van der Waals surface area contributed by atoms with Crippen molar-refractivity contribution in [2.45, 2.75) is 33.6 Å². The fourth-order valence-corrected chi connectivity index (χ4v) is 0.560. The van der Waals surface area contributed by atoms with E-state index in [0.717, 1.165) is 0 Å². The molecule has 0 unspecified atom stereocenters. The Morgan fingerprint density at radius 2 is 1.60 bits per heavy atom. The van der Waals surface area contributed by atoms with Crippen LogP contribution in [0.1, 0.15) is 33.6 Å². The number of Topliss-reactive ketones (excluding diaryl/α,β-unsaturated/α-hetero) is 1. The van der Waals surface area contributed by atoms with Gasteiger partial charge in [-0.3, -0.25) is 14.4 Å². The van der Waals surface area contributed by atoms with Gasteiger partial charge in [-0.05, 0) is 13.8 Å². The van der Waals surface area contributed by atoms with E-state index in [2.05, 4.69) is 9.47 Å². The Balaban J connectivity index is 0. The van der Waals surface area contributed by atoms with Gasteiger partial charge in [-0.25, -0.2) is 0 Å². The molecule has 0 aliphatic heterocycles. The number of hydrogen-bond acceptors (Lipinski definition) is 5. The minimum atomic E-state index is -0.440. The minimum absolute atomic E-state index is 0.103. The summed E-state index contributed by atoms with van der Waals surface area (Å²) in [6, 6.07) is 0. The minimum Gasteiger partial charge on any atom is -0.469 e. The molecule has 0 aliphatic carbocycles. The van der Waals surface area contributed by atoms with E-state index >= 15 is 0 Å². The van der Waals surface area contributed by atoms with E-state index in [-0.39, 0.29) is 18.2 Å². The summed E-state index contributed by atoms with van der Waals surface area (Å²) in [6.45, 7) is 5.16. The topological polar surface area (TPSA) is 69.7 Å². The van der Waals surface area contributed by atoms with Crippen molar-refractivity contribution in [3.8, 4) is 0 Å². The van der Waals surface area contributed by atoms with Crippen LogP contribution in [-0.2, 0) is 23.9 Å². The lowest BCUT2D eigenvalue weighted by Crippen LogP contribution is -2.07. The third-order valence-corrected chi connectivity index (χ3v) is 1.21. The van der Waals surface area contributed by atoms with Crippen molar-refractivity contribution in [3.63, 3.8) is 0 Å². The van der Waals surface area contributed by atoms with Crippen molar-refractivity contribution in [2.75, 3.05) is 13.7 Å². The van der Waals surface area contributed by atoms with Gasteiger partial charge in [0, 0.05) is 6.42 Å². The van der Waals surface area contributed by atoms with Crippen LogP contribution in [0.15, 0.2) is 0 Å². The van der Waals surface area contributed by atoms with E-state index in [1.165, 1.54) is 14.0 Å². The van der Waals surface area contributed by atoms with Crippen molar-refractivity contribution in [1.29, 1.82) is 0 Å². The highest BCUT2D eigenvalue weighted by Crippen LogP contribution is 1.86. The van der Waals surface area contributed by atoms with E-state index in [1.54, 1.807) is 13.8 Å². The second kappa shape index (κ2) is 10.7. The molecule has 0 bridgehead atoms. The molecule has 0 rings (SSSR count). The SMILES string of the molecule is CCC(=O)OC.CCOC(=O)CC(C)=O. The van der Waals surface area contributed by atoms with Crippen LogP contribution in [0.3, 0.4) is 0 Å². The molecular formula is C10H18O5. The predicted molar refractivity (Wildman–Crippen MR) is 54.2 cm³/mol. The maximum absolute atomic E-state index is 10.4. The fraction of sp³-hybridized carbons (Fsp3) is 0.700. The first-order chi connectivity index (χ1) is 6.97. The molecule has 0 heterocycles. The molecule has 5 nitrogen and oxygen atoms in total. The summed E-state index contributed by atoms with van der Waals surface area (Å²) < 4.78 is 8.75. The molecule has 0 saturated heterocycles. The number of hydrogen-bond donors (Lipinski definition) is 0. The first-order valence-electron chi connectivity index (χ1n) is 4.69. The quantitative estimate of drug-likeness (QED) is 0.522. The molecule has 0 aromatic heterocycles. The number of ether oxygens (including phenoxy) is 2. The van der Waals surface area contributed by atoms with Gasteiger partial charge in [0.25, 0.3) is 0 Å². The smallest absolute Gasteiger partial charge is 0.313 e. The Bertz CT molecular complexity index is 204. The molecule has 0 aromatic rings. The van der Waals surface area contributed by atoms with Gasteiger partial charge < -0.3 is 9.47 Å². The zero-order chi connectivity index (χ0) is 12.3. The van der Waals surface area contributed by atoms with Crippen molar-refractivity contribution < 1.29 is 23.9 Å². The van der Waals surface area contributed by atoms with Crippen LogP contribution in [-0.4, -0.2) is 31.4 Å². The van der Waals surface area contributed by atoms with E-state index in [9.17, 15) is 14.4 Å². The van der Waals surface area contributed by atoms with Gasteiger partial charge in [0.2, 0.25) is 0 Å². The standard InChI is InChI=1S/C6H10O3.C4H8O2/c1-3-9-6(8)4-5(2)7;1-3-4(5)6-2/h3-4H2,1-2H3;3H2,1-2H3. The number of ketones is 1. The van der Waals surface area contributed by atoms with E-state index in [4.69, 9.17) is 0 Å². The molecule has 88 valence electrons. The normalized spacial score (nSPS) is 8.27. The van der Waals surface area contributed by atoms with E-state index in [1.807, 2.05) is 0 Å². The van der Waals surface area contributed by atoms with Gasteiger partial charge in [0.15, 0.2) is 0 Å². The number of esters is 2. The third kappa shape index (κ3) is 15.4. The lowest BCUT2D eigenvalue weighted by atomic mass is 10.3. The van der Waals surface area contributed by atoms with Gasteiger partial charge in [-0.1, -0.05) is 6.92 Å². The van der Waals surface area contributed by atoms with Crippen LogP contribution < -0.4 is 0 Å². The lowest BCUT2D eigenvalue weighted by Gasteiger charge is -1.96. The molecule has 0 N–H and O–H groups in total. The van der Waals surface area contributed by atoms with Crippen LogP contribution in [0.2, 0.25) is 0 Å². The number of carbonyl (C=O) groups excluding carboxylic acids is 3. The lowest BCUT2D eigenvalue weighted by molar-refractivity contribution is -0.145. The molecule has 15 heavy (non-hydrogen) atoms. The second-order valence-electron chi connectivity index (χ2n) is 2.61. The van der Waals surface area contributed by atoms with Gasteiger partial charge >= 0.3 is 11.9 Å². The molecule has 0 saturated carbocycles. The van der Waals surface area contributed by atoms with Crippen molar-refractivity contribution >= 4 is 17.7 Å². The van der Waals surface area contributed by atoms with Crippen LogP contribution in [0.5, 0.6) is 0 Å². The summed E-state index contributed by atoms with van der Waals surface area (Å²) in [5.74, 6) is -0.756. The van der Waals surface area contributed by atoms with Crippen molar-refractivity contribution in [3.05, 3.63) is 0 Å². The Labute approximate surface area is 89.7 Å². The summed E-state index contributed by atoms with van der Waals surface area (Å²) in [6.07, 6.45) is 0.365. The van der Waals surface area contributed by atoms with Gasteiger partial charge in [0.05, 0.1) is 13.7 Å². The average Bonchev–Trinajstić information content (AvgIpc) is 2.16. The number of methoxy groups -OCH3 is 1. The largest absolute Gasteiger partial charge is 0.469 e. The summed E-state index contributed by atoms with van der Waals surface area (Å²) in [5.41, 5.74) is 0. The zero-order valence-electron chi connectivity index (χ0n) is 9.66. The van der Waals surface area contributed by atoms with Crippen LogP contribution in [0.25, 0.3) is 0 Å². The average molecular weight is 218 g/mol. The highest BCUT2D eigenvalue weighted by atomic mass is 16.5. The maximum Gasteiger partial charge on any atom is 0.313 e. The Morgan fingerprint density at radius 3 is 1.80 bits per heavy atom. The first kappa shape index (κ1) is 16.1. The highest BCUT2D eigenvalue weighted by Gasteiger charge is 2.03. The summed E-state index contributed by atoms with van der Waals surface area (Å²) in [5, 5.41) is 0. The molecule has 0 aromatic carbocycles. The van der Waals surface area contributed by atoms with Crippen LogP contribution in [0.4, 0.5) is 0 Å². The van der Waals surface area contributed by atoms with Crippen LogP contribution >= 0.6 is 0 Å². The summed E-state index contributed by atoms with van der Waals surface area (Å²) in [4.78, 5) is 30.6. The second-order valence-corrected chi connectivity index (χ2v) is 2.61. The highest BCUT2D eigenvalue weighted by molar-refractivity contribution is 5.94. The number of rotatable bonds is 4. The molecule has 0 aliphatic rings. The molecule has 0 radical (unpaired) electrons. The maximum atomic E-state index is 10.4. The summed E-state index contributed by atoms with van der Waals surface area (Å²) >= 11 is 0. The van der Waals surface area contributed by atoms with Crippen molar-refractivity contribution in [1.82, 2.24) is 0 Å². The Kier molecular flexibility index (Phi) is 11.4. The monoisotopic (exact) mass is 218 g/mol.